The number of nitrogens with zero attached hydrogens (tertiary/aromatic N) is 1. The summed E-state index contributed by atoms with van der Waals surface area (Å²) in [7, 11) is -1.78. The summed E-state index contributed by atoms with van der Waals surface area (Å²) in [5, 5.41) is 0. The highest BCUT2D eigenvalue weighted by Crippen LogP contribution is 2.53. The Labute approximate surface area is 118 Å². The van der Waals surface area contributed by atoms with Crippen LogP contribution in [0.1, 0.15) is 27.7 Å². The van der Waals surface area contributed by atoms with Gasteiger partial charge in [-0.3, -0.25) is 0 Å². The third-order valence-corrected chi connectivity index (χ3v) is 8.82. The molecule has 4 atom stereocenters. The minimum absolute atomic E-state index is 0.708. The van der Waals surface area contributed by atoms with E-state index in [0.29, 0.717) is 5.54 Å². The van der Waals surface area contributed by atoms with Crippen LogP contribution in [0.15, 0.2) is 24.4 Å². The normalized spacial score (nSPS) is 35.4. The fourth-order valence-electron chi connectivity index (χ4n) is 4.10. The SMILES string of the molecule is CC1C(C)C(C)C([Si](C)(C)Oc2ccccn2)C1C. The van der Waals surface area contributed by atoms with E-state index in [2.05, 4.69) is 45.8 Å². The predicted molar refractivity (Wildman–Crippen MR) is 82.8 cm³/mol. The molecule has 0 aromatic carbocycles. The van der Waals surface area contributed by atoms with Gasteiger partial charge in [0.25, 0.3) is 8.32 Å². The van der Waals surface area contributed by atoms with Crippen molar-refractivity contribution in [1.82, 2.24) is 4.98 Å². The second-order valence-corrected chi connectivity index (χ2v) is 10.9. The van der Waals surface area contributed by atoms with Crippen molar-refractivity contribution in [3.63, 3.8) is 0 Å². The highest BCUT2D eigenvalue weighted by molar-refractivity contribution is 6.73. The molecule has 1 aliphatic rings. The summed E-state index contributed by atoms with van der Waals surface area (Å²) in [6.07, 6.45) is 1.81. The fraction of sp³-hybridized carbons (Fsp3) is 0.688. The molecule has 4 unspecified atom stereocenters. The summed E-state index contributed by atoms with van der Waals surface area (Å²) >= 11 is 0. The Kier molecular flexibility index (Phi) is 4.05. The van der Waals surface area contributed by atoms with Crippen molar-refractivity contribution in [2.75, 3.05) is 0 Å². The van der Waals surface area contributed by atoms with E-state index < -0.39 is 8.32 Å². The van der Waals surface area contributed by atoms with Crippen LogP contribution in [0.25, 0.3) is 0 Å². The number of aromatic nitrogens is 1. The lowest BCUT2D eigenvalue weighted by atomic mass is 9.92. The van der Waals surface area contributed by atoms with Gasteiger partial charge >= 0.3 is 0 Å². The van der Waals surface area contributed by atoms with Crippen LogP contribution in [-0.4, -0.2) is 13.3 Å². The van der Waals surface area contributed by atoms with E-state index in [-0.39, 0.29) is 0 Å². The van der Waals surface area contributed by atoms with Crippen LogP contribution in [0, 0.1) is 23.7 Å². The molecular weight excluding hydrogens is 250 g/mol. The van der Waals surface area contributed by atoms with Gasteiger partial charge in [0.1, 0.15) is 0 Å². The largest absolute Gasteiger partial charge is 0.531 e. The molecule has 0 radical (unpaired) electrons. The smallest absolute Gasteiger partial charge is 0.250 e. The molecule has 0 N–H and O–H groups in total. The van der Waals surface area contributed by atoms with Crippen LogP contribution >= 0.6 is 0 Å². The molecule has 0 saturated heterocycles. The zero-order valence-corrected chi connectivity index (χ0v) is 14.1. The highest BCUT2D eigenvalue weighted by Gasteiger charge is 2.51. The van der Waals surface area contributed by atoms with Gasteiger partial charge in [-0.1, -0.05) is 33.8 Å². The van der Waals surface area contributed by atoms with Crippen molar-refractivity contribution in [3.05, 3.63) is 24.4 Å². The molecule has 1 aliphatic carbocycles. The minimum Gasteiger partial charge on any atom is -0.531 e. The molecule has 0 spiro atoms. The maximum Gasteiger partial charge on any atom is 0.250 e. The maximum atomic E-state index is 6.35. The maximum absolute atomic E-state index is 6.35. The van der Waals surface area contributed by atoms with Gasteiger partial charge in [0, 0.05) is 6.20 Å². The molecule has 106 valence electrons. The Hall–Kier alpha value is -0.833. The molecule has 1 aromatic heterocycles. The quantitative estimate of drug-likeness (QED) is 0.754. The zero-order valence-electron chi connectivity index (χ0n) is 13.1. The van der Waals surface area contributed by atoms with Gasteiger partial charge in [-0.15, -0.1) is 0 Å². The third-order valence-electron chi connectivity index (χ3n) is 5.43. The molecule has 0 bridgehead atoms. The Morgan fingerprint density at radius 3 is 2.00 bits per heavy atom. The van der Waals surface area contributed by atoms with Crippen LogP contribution in [0.2, 0.25) is 18.6 Å². The molecule has 1 heterocycles. The van der Waals surface area contributed by atoms with Gasteiger partial charge in [-0.25, -0.2) is 4.98 Å². The number of hydrogen-bond acceptors (Lipinski definition) is 2. The summed E-state index contributed by atoms with van der Waals surface area (Å²) in [4.78, 5) is 4.34. The standard InChI is InChI=1S/C16H27NOSi/c1-11-12(2)14(4)16(13(11)3)19(5,6)18-15-9-7-8-10-17-15/h7-14,16H,1-6H3. The molecule has 0 amide bonds. The van der Waals surface area contributed by atoms with Crippen LogP contribution in [0.4, 0.5) is 0 Å². The van der Waals surface area contributed by atoms with Crippen molar-refractivity contribution in [1.29, 1.82) is 0 Å². The lowest BCUT2D eigenvalue weighted by molar-refractivity contribution is 0.352. The second-order valence-electron chi connectivity index (χ2n) is 6.84. The van der Waals surface area contributed by atoms with Crippen molar-refractivity contribution >= 4 is 8.32 Å². The lowest BCUT2D eigenvalue weighted by Gasteiger charge is -2.35. The van der Waals surface area contributed by atoms with Crippen LogP contribution < -0.4 is 4.43 Å². The van der Waals surface area contributed by atoms with E-state index in [1.54, 1.807) is 0 Å². The average molecular weight is 277 g/mol. The number of pyridine rings is 1. The Morgan fingerprint density at radius 2 is 1.53 bits per heavy atom. The summed E-state index contributed by atoms with van der Waals surface area (Å²) in [6, 6.07) is 5.91. The molecule has 1 fully saturated rings. The van der Waals surface area contributed by atoms with E-state index in [4.69, 9.17) is 4.43 Å². The minimum atomic E-state index is -1.78. The van der Waals surface area contributed by atoms with E-state index in [1.165, 1.54) is 0 Å². The number of rotatable bonds is 3. The van der Waals surface area contributed by atoms with Crippen LogP contribution in [0.3, 0.4) is 0 Å². The van der Waals surface area contributed by atoms with Gasteiger partial charge < -0.3 is 4.43 Å². The average Bonchev–Trinajstić information content (AvgIpc) is 2.55. The van der Waals surface area contributed by atoms with Crippen molar-refractivity contribution in [3.8, 4) is 5.88 Å². The second kappa shape index (κ2) is 5.27. The molecule has 1 saturated carbocycles. The molecule has 3 heteroatoms. The topological polar surface area (TPSA) is 22.1 Å². The van der Waals surface area contributed by atoms with Gasteiger partial charge in [0.05, 0.1) is 0 Å². The van der Waals surface area contributed by atoms with Crippen molar-refractivity contribution in [2.45, 2.75) is 46.3 Å². The van der Waals surface area contributed by atoms with Crippen LogP contribution in [-0.2, 0) is 0 Å². The van der Waals surface area contributed by atoms with E-state index >= 15 is 0 Å². The molecule has 19 heavy (non-hydrogen) atoms. The number of hydrogen-bond donors (Lipinski definition) is 0. The van der Waals surface area contributed by atoms with Gasteiger partial charge in [-0.05, 0) is 54.4 Å². The third kappa shape index (κ3) is 2.71. The van der Waals surface area contributed by atoms with E-state index in [9.17, 15) is 0 Å². The predicted octanol–water partition coefficient (Wildman–Crippen LogP) is 4.59. The molecular formula is C16H27NOSi. The first-order valence-corrected chi connectivity index (χ1v) is 10.4. The summed E-state index contributed by atoms with van der Waals surface area (Å²) in [5.41, 5.74) is 0.708. The Bertz CT molecular complexity index is 406. The monoisotopic (exact) mass is 277 g/mol. The van der Waals surface area contributed by atoms with Gasteiger partial charge in [-0.2, -0.15) is 0 Å². The van der Waals surface area contributed by atoms with Crippen molar-refractivity contribution in [2.24, 2.45) is 23.7 Å². The van der Waals surface area contributed by atoms with Crippen molar-refractivity contribution < 1.29 is 4.43 Å². The molecule has 2 rings (SSSR count). The Balaban J connectivity index is 2.20. The molecule has 0 aliphatic heterocycles. The summed E-state index contributed by atoms with van der Waals surface area (Å²) < 4.78 is 6.35. The van der Waals surface area contributed by atoms with E-state index in [1.807, 2.05) is 24.4 Å². The lowest BCUT2D eigenvalue weighted by Crippen LogP contribution is -2.44. The first kappa shape index (κ1) is 14.6. The molecule has 2 nitrogen and oxygen atoms in total. The van der Waals surface area contributed by atoms with Gasteiger partial charge in [0.15, 0.2) is 5.88 Å². The summed E-state index contributed by atoms with van der Waals surface area (Å²) in [5.74, 6) is 3.87. The first-order chi connectivity index (χ1) is 8.84. The fourth-order valence-corrected chi connectivity index (χ4v) is 8.04. The Morgan fingerprint density at radius 1 is 0.947 bits per heavy atom. The first-order valence-electron chi connectivity index (χ1n) is 7.44. The van der Waals surface area contributed by atoms with Crippen LogP contribution in [0.5, 0.6) is 5.88 Å². The van der Waals surface area contributed by atoms with E-state index in [0.717, 1.165) is 29.6 Å². The summed E-state index contributed by atoms with van der Waals surface area (Å²) in [6.45, 7) is 14.3. The molecule has 1 aromatic rings. The van der Waals surface area contributed by atoms with Gasteiger partial charge in [0.2, 0.25) is 0 Å². The highest BCUT2D eigenvalue weighted by atomic mass is 28.4. The zero-order chi connectivity index (χ0) is 14.2.